The van der Waals surface area contributed by atoms with Crippen molar-refractivity contribution < 1.29 is 4.79 Å². The topological polar surface area (TPSA) is 23.6 Å². The summed E-state index contributed by atoms with van der Waals surface area (Å²) in [5.74, 6) is 0.279. The first-order chi connectivity index (χ1) is 10.1. The van der Waals surface area contributed by atoms with Crippen molar-refractivity contribution in [1.29, 1.82) is 0 Å². The zero-order valence-corrected chi connectivity index (χ0v) is 14.6. The number of thiophene rings is 1. The monoisotopic (exact) mass is 328 g/mol. The van der Waals surface area contributed by atoms with Crippen LogP contribution in [0.3, 0.4) is 0 Å². The molecule has 2 rings (SSSR count). The maximum Gasteiger partial charge on any atom is 0.239 e. The molecule has 0 aliphatic carbocycles. The van der Waals surface area contributed by atoms with Gasteiger partial charge in [0.15, 0.2) is 0 Å². The molecule has 0 saturated carbocycles. The second-order valence-corrected chi connectivity index (χ2v) is 7.48. The molecule has 1 aliphatic heterocycles. The van der Waals surface area contributed by atoms with Gasteiger partial charge in [-0.2, -0.15) is 0 Å². The third kappa shape index (κ3) is 4.70. The highest BCUT2D eigenvalue weighted by molar-refractivity contribution is 7.16. The van der Waals surface area contributed by atoms with E-state index < -0.39 is 0 Å². The first kappa shape index (κ1) is 16.8. The van der Waals surface area contributed by atoms with Gasteiger partial charge in [0.1, 0.15) is 0 Å². The molecule has 0 radical (unpaired) electrons. The van der Waals surface area contributed by atoms with Gasteiger partial charge in [0.2, 0.25) is 5.91 Å². The van der Waals surface area contributed by atoms with Gasteiger partial charge < -0.3 is 4.90 Å². The summed E-state index contributed by atoms with van der Waals surface area (Å²) in [7, 11) is 0. The highest BCUT2D eigenvalue weighted by Gasteiger charge is 2.25. The zero-order valence-electron chi connectivity index (χ0n) is 13.0. The van der Waals surface area contributed by atoms with Gasteiger partial charge in [0.05, 0.1) is 10.4 Å². The fraction of sp³-hybridized carbons (Fsp3) is 0.688. The van der Waals surface area contributed by atoms with Gasteiger partial charge in [0, 0.05) is 24.5 Å². The third-order valence-corrected chi connectivity index (χ3v) is 5.43. The van der Waals surface area contributed by atoms with Crippen LogP contribution in [0, 0.1) is 0 Å². The number of hydrogen-bond donors (Lipinski definition) is 0. The molecule has 1 unspecified atom stereocenters. The smallest absolute Gasteiger partial charge is 0.239 e. The minimum atomic E-state index is -0.0611. The predicted molar refractivity (Wildman–Crippen MR) is 89.9 cm³/mol. The Morgan fingerprint density at radius 1 is 1.33 bits per heavy atom. The average molecular weight is 329 g/mol. The second-order valence-electron chi connectivity index (χ2n) is 5.68. The van der Waals surface area contributed by atoms with E-state index in [1.165, 1.54) is 17.7 Å². The zero-order chi connectivity index (χ0) is 15.2. The molecule has 0 bridgehead atoms. The summed E-state index contributed by atoms with van der Waals surface area (Å²) in [5, 5.41) is 0. The number of amides is 1. The standard InChI is InChI=1S/C16H25ClN2OS/c1-3-18(12-14-8-9-15(17)21-14)13(2)16(20)19-10-6-4-5-7-11-19/h8-9,13H,3-7,10-12H2,1-2H3. The summed E-state index contributed by atoms with van der Waals surface area (Å²) >= 11 is 7.59. The van der Waals surface area contributed by atoms with Gasteiger partial charge in [-0.05, 0) is 38.4 Å². The molecule has 1 atom stereocenters. The number of carbonyl (C=O) groups is 1. The normalized spacial score (nSPS) is 17.8. The lowest BCUT2D eigenvalue weighted by Crippen LogP contribution is -2.47. The highest BCUT2D eigenvalue weighted by atomic mass is 35.5. The Balaban J connectivity index is 1.97. The van der Waals surface area contributed by atoms with E-state index in [9.17, 15) is 4.79 Å². The Labute approximate surface area is 136 Å². The molecule has 0 N–H and O–H groups in total. The maximum absolute atomic E-state index is 12.7. The van der Waals surface area contributed by atoms with Crippen LogP contribution in [0.4, 0.5) is 0 Å². The highest BCUT2D eigenvalue weighted by Crippen LogP contribution is 2.23. The molecule has 0 aromatic carbocycles. The van der Waals surface area contributed by atoms with E-state index in [4.69, 9.17) is 11.6 Å². The van der Waals surface area contributed by atoms with Crippen LogP contribution in [-0.4, -0.2) is 41.4 Å². The molecular formula is C16H25ClN2OS. The van der Waals surface area contributed by atoms with Crippen LogP contribution in [0.15, 0.2) is 12.1 Å². The quantitative estimate of drug-likeness (QED) is 0.815. The molecule has 5 heteroatoms. The van der Waals surface area contributed by atoms with E-state index in [0.29, 0.717) is 0 Å². The number of hydrogen-bond acceptors (Lipinski definition) is 3. The minimum Gasteiger partial charge on any atom is -0.341 e. The molecule has 0 spiro atoms. The summed E-state index contributed by atoms with van der Waals surface area (Å²) in [4.78, 5) is 18.2. The van der Waals surface area contributed by atoms with Crippen LogP contribution >= 0.6 is 22.9 Å². The van der Waals surface area contributed by atoms with Crippen LogP contribution < -0.4 is 0 Å². The van der Waals surface area contributed by atoms with Crippen molar-refractivity contribution in [2.45, 2.75) is 52.1 Å². The lowest BCUT2D eigenvalue weighted by atomic mass is 10.2. The molecule has 1 aromatic heterocycles. The van der Waals surface area contributed by atoms with E-state index >= 15 is 0 Å². The van der Waals surface area contributed by atoms with Crippen molar-refractivity contribution >= 4 is 28.8 Å². The summed E-state index contributed by atoms with van der Waals surface area (Å²) < 4.78 is 0.813. The molecule has 1 aliphatic rings. The van der Waals surface area contributed by atoms with Gasteiger partial charge in [0.25, 0.3) is 0 Å². The van der Waals surface area contributed by atoms with Crippen LogP contribution in [0.5, 0.6) is 0 Å². The Kier molecular flexibility index (Phi) is 6.52. The molecule has 1 aromatic rings. The maximum atomic E-state index is 12.7. The molecule has 1 fully saturated rings. The summed E-state index contributed by atoms with van der Waals surface area (Å²) in [6.45, 7) is 7.66. The molecular weight excluding hydrogens is 304 g/mol. The molecule has 1 saturated heterocycles. The molecule has 2 heterocycles. The number of rotatable bonds is 5. The Bertz CT molecular complexity index is 455. The second kappa shape index (κ2) is 8.16. The van der Waals surface area contributed by atoms with Crippen LogP contribution in [0.2, 0.25) is 4.34 Å². The SMILES string of the molecule is CCN(Cc1ccc(Cl)s1)C(C)C(=O)N1CCCCCC1. The first-order valence-electron chi connectivity index (χ1n) is 7.89. The minimum absolute atomic E-state index is 0.0611. The van der Waals surface area contributed by atoms with Gasteiger partial charge in [-0.3, -0.25) is 9.69 Å². The summed E-state index contributed by atoms with van der Waals surface area (Å²) in [5.41, 5.74) is 0. The number of halogens is 1. The van der Waals surface area contributed by atoms with E-state index in [1.807, 2.05) is 13.0 Å². The van der Waals surface area contributed by atoms with Gasteiger partial charge >= 0.3 is 0 Å². The first-order valence-corrected chi connectivity index (χ1v) is 9.08. The molecule has 21 heavy (non-hydrogen) atoms. The van der Waals surface area contributed by atoms with Crippen molar-refractivity contribution in [2.24, 2.45) is 0 Å². The fourth-order valence-corrected chi connectivity index (χ4v) is 3.98. The van der Waals surface area contributed by atoms with Crippen molar-refractivity contribution in [1.82, 2.24) is 9.80 Å². The lowest BCUT2D eigenvalue weighted by molar-refractivity contribution is -0.136. The fourth-order valence-electron chi connectivity index (χ4n) is 2.87. The number of likely N-dealkylation sites (N-methyl/N-ethyl adjacent to an activating group) is 1. The predicted octanol–water partition coefficient (Wildman–Crippen LogP) is 4.01. The summed E-state index contributed by atoms with van der Waals surface area (Å²) in [6, 6.07) is 3.92. The van der Waals surface area contributed by atoms with Crippen LogP contribution in [0.25, 0.3) is 0 Å². The Morgan fingerprint density at radius 2 is 2.00 bits per heavy atom. The van der Waals surface area contributed by atoms with Crippen molar-refractivity contribution in [3.63, 3.8) is 0 Å². The van der Waals surface area contributed by atoms with E-state index in [2.05, 4.69) is 22.8 Å². The lowest BCUT2D eigenvalue weighted by Gasteiger charge is -2.31. The van der Waals surface area contributed by atoms with Crippen LogP contribution in [0.1, 0.15) is 44.4 Å². The average Bonchev–Trinajstić information content (AvgIpc) is 2.74. The Hall–Kier alpha value is -0.580. The van der Waals surface area contributed by atoms with Gasteiger partial charge in [-0.1, -0.05) is 31.4 Å². The summed E-state index contributed by atoms with van der Waals surface area (Å²) in [6.07, 6.45) is 4.79. The molecule has 3 nitrogen and oxygen atoms in total. The van der Waals surface area contributed by atoms with Crippen molar-refractivity contribution in [2.75, 3.05) is 19.6 Å². The van der Waals surface area contributed by atoms with E-state index in [0.717, 1.165) is 43.4 Å². The van der Waals surface area contributed by atoms with Gasteiger partial charge in [-0.15, -0.1) is 11.3 Å². The number of carbonyl (C=O) groups excluding carboxylic acids is 1. The molecule has 1 amide bonds. The third-order valence-electron chi connectivity index (χ3n) is 4.22. The number of likely N-dealkylation sites (tertiary alicyclic amines) is 1. The molecule has 118 valence electrons. The van der Waals surface area contributed by atoms with Crippen molar-refractivity contribution in [3.8, 4) is 0 Å². The van der Waals surface area contributed by atoms with Crippen LogP contribution in [-0.2, 0) is 11.3 Å². The van der Waals surface area contributed by atoms with E-state index in [1.54, 1.807) is 11.3 Å². The van der Waals surface area contributed by atoms with Crippen molar-refractivity contribution in [3.05, 3.63) is 21.3 Å². The number of nitrogens with zero attached hydrogens (tertiary/aromatic N) is 2. The van der Waals surface area contributed by atoms with E-state index in [-0.39, 0.29) is 11.9 Å². The van der Waals surface area contributed by atoms with Gasteiger partial charge in [-0.25, -0.2) is 0 Å². The Morgan fingerprint density at radius 3 is 2.52 bits per heavy atom. The largest absolute Gasteiger partial charge is 0.341 e.